The average Bonchev–Trinajstić information content (AvgIpc) is 3.09. The Bertz CT molecular complexity index is 1040. The van der Waals surface area contributed by atoms with Crippen molar-refractivity contribution in [1.29, 1.82) is 0 Å². The van der Waals surface area contributed by atoms with Gasteiger partial charge in [-0.2, -0.15) is 8.78 Å². The summed E-state index contributed by atoms with van der Waals surface area (Å²) in [6.45, 7) is 0. The molecule has 1 aromatic carbocycles. The van der Waals surface area contributed by atoms with E-state index >= 15 is 0 Å². The predicted octanol–water partition coefficient (Wildman–Crippen LogP) is 3.42. The monoisotopic (exact) mass is 415 g/mol. The Kier molecular flexibility index (Phi) is 5.49. The van der Waals surface area contributed by atoms with Crippen molar-refractivity contribution in [3.8, 4) is 0 Å². The molecule has 6 nitrogen and oxygen atoms in total. The fourth-order valence-corrected chi connectivity index (χ4v) is 4.50. The lowest BCUT2D eigenvalue weighted by Gasteiger charge is -2.07. The SMILES string of the molecule is O=C(CSc1ncnc2ccsc12)Nc1ccc(S(=O)(=O)C(F)F)cc1. The fraction of sp³-hybridized carbons (Fsp3) is 0.133. The van der Waals surface area contributed by atoms with Crippen LogP contribution >= 0.6 is 23.1 Å². The van der Waals surface area contributed by atoms with Crippen molar-refractivity contribution >= 4 is 54.7 Å². The molecule has 0 spiro atoms. The number of thioether (sulfide) groups is 1. The molecule has 3 rings (SSSR count). The Morgan fingerprint density at radius 1 is 1.19 bits per heavy atom. The second kappa shape index (κ2) is 7.64. The zero-order valence-electron chi connectivity index (χ0n) is 12.9. The number of benzene rings is 1. The van der Waals surface area contributed by atoms with Gasteiger partial charge in [0.05, 0.1) is 20.9 Å². The van der Waals surface area contributed by atoms with Gasteiger partial charge in [0.1, 0.15) is 11.4 Å². The third kappa shape index (κ3) is 4.00. The molecule has 0 fully saturated rings. The highest BCUT2D eigenvalue weighted by atomic mass is 32.2. The number of rotatable bonds is 6. The molecule has 2 aromatic heterocycles. The molecule has 0 aliphatic heterocycles. The number of sulfone groups is 1. The summed E-state index contributed by atoms with van der Waals surface area (Å²) in [6, 6.07) is 6.45. The van der Waals surface area contributed by atoms with Crippen molar-refractivity contribution in [3.63, 3.8) is 0 Å². The number of hydrogen-bond donors (Lipinski definition) is 1. The number of carbonyl (C=O) groups excluding carboxylic acids is 1. The second-order valence-corrected chi connectivity index (χ2v) is 8.78. The normalized spacial score (nSPS) is 11.8. The van der Waals surface area contributed by atoms with Crippen molar-refractivity contribution in [3.05, 3.63) is 42.0 Å². The van der Waals surface area contributed by atoms with Crippen LogP contribution in [0, 0.1) is 0 Å². The van der Waals surface area contributed by atoms with E-state index in [1.807, 2.05) is 11.4 Å². The maximum atomic E-state index is 12.5. The number of amides is 1. The number of halogens is 2. The summed E-state index contributed by atoms with van der Waals surface area (Å²) in [5.74, 6) is -3.73. The first-order valence-electron chi connectivity index (χ1n) is 7.11. The Morgan fingerprint density at radius 3 is 2.62 bits per heavy atom. The van der Waals surface area contributed by atoms with Gasteiger partial charge in [-0.05, 0) is 35.7 Å². The number of aromatic nitrogens is 2. The van der Waals surface area contributed by atoms with Crippen LogP contribution in [0.25, 0.3) is 10.2 Å². The van der Waals surface area contributed by atoms with Gasteiger partial charge >= 0.3 is 5.76 Å². The van der Waals surface area contributed by atoms with Crippen LogP contribution in [0.15, 0.2) is 52.0 Å². The van der Waals surface area contributed by atoms with Crippen molar-refractivity contribution in [2.75, 3.05) is 11.1 Å². The lowest BCUT2D eigenvalue weighted by Crippen LogP contribution is -2.15. The topological polar surface area (TPSA) is 89.0 Å². The van der Waals surface area contributed by atoms with E-state index in [2.05, 4.69) is 15.3 Å². The van der Waals surface area contributed by atoms with Crippen LogP contribution in [0.2, 0.25) is 0 Å². The van der Waals surface area contributed by atoms with Crippen LogP contribution in [0.1, 0.15) is 0 Å². The number of nitrogens with one attached hydrogen (secondary N) is 1. The molecule has 0 saturated heterocycles. The molecule has 26 heavy (non-hydrogen) atoms. The van der Waals surface area contributed by atoms with Gasteiger partial charge in [0.15, 0.2) is 0 Å². The average molecular weight is 415 g/mol. The standard InChI is InChI=1S/C15H11F2N3O3S3/c16-15(17)26(22,23)10-3-1-9(2-4-10)20-12(21)7-25-14-13-11(5-6-24-13)18-8-19-14/h1-6,8,15H,7H2,(H,20,21). The molecule has 1 N–H and O–H groups in total. The number of hydrogen-bond acceptors (Lipinski definition) is 7. The fourth-order valence-electron chi connectivity index (χ4n) is 2.03. The molecule has 0 aliphatic rings. The van der Waals surface area contributed by atoms with Gasteiger partial charge < -0.3 is 5.32 Å². The minimum atomic E-state index is -4.65. The van der Waals surface area contributed by atoms with Crippen molar-refractivity contribution in [1.82, 2.24) is 9.97 Å². The first kappa shape index (κ1) is 18.7. The van der Waals surface area contributed by atoms with E-state index in [1.165, 1.54) is 41.6 Å². The maximum Gasteiger partial charge on any atom is 0.341 e. The van der Waals surface area contributed by atoms with Gasteiger partial charge in [0.25, 0.3) is 0 Å². The number of anilines is 1. The van der Waals surface area contributed by atoms with E-state index in [1.54, 1.807) is 0 Å². The van der Waals surface area contributed by atoms with E-state index < -0.39 is 20.5 Å². The van der Waals surface area contributed by atoms with Crippen LogP contribution < -0.4 is 5.32 Å². The largest absolute Gasteiger partial charge is 0.341 e. The molecule has 0 aliphatic carbocycles. The van der Waals surface area contributed by atoms with Crippen molar-refractivity contribution < 1.29 is 22.0 Å². The van der Waals surface area contributed by atoms with Gasteiger partial charge in [-0.1, -0.05) is 11.8 Å². The molecule has 136 valence electrons. The Labute approximate surface area is 155 Å². The van der Waals surface area contributed by atoms with Crippen LogP contribution in [0.4, 0.5) is 14.5 Å². The number of alkyl halides is 2. The Balaban J connectivity index is 1.62. The summed E-state index contributed by atoms with van der Waals surface area (Å²) in [4.78, 5) is 19.8. The van der Waals surface area contributed by atoms with E-state index in [-0.39, 0.29) is 11.7 Å². The van der Waals surface area contributed by atoms with E-state index in [0.29, 0.717) is 10.7 Å². The van der Waals surface area contributed by atoms with Gasteiger partial charge in [0, 0.05) is 5.69 Å². The van der Waals surface area contributed by atoms with Gasteiger partial charge in [-0.25, -0.2) is 18.4 Å². The van der Waals surface area contributed by atoms with Gasteiger partial charge in [-0.3, -0.25) is 4.79 Å². The minimum Gasteiger partial charge on any atom is -0.325 e. The molecular formula is C15H11F2N3O3S3. The summed E-state index contributed by atoms with van der Waals surface area (Å²) in [5, 5.41) is 5.16. The Hall–Kier alpha value is -2.11. The molecule has 2 heterocycles. The zero-order chi connectivity index (χ0) is 18.7. The summed E-state index contributed by atoms with van der Waals surface area (Å²) in [7, 11) is -4.65. The minimum absolute atomic E-state index is 0.0844. The van der Waals surface area contributed by atoms with E-state index in [0.717, 1.165) is 22.3 Å². The van der Waals surface area contributed by atoms with E-state index in [4.69, 9.17) is 0 Å². The lowest BCUT2D eigenvalue weighted by atomic mass is 10.3. The van der Waals surface area contributed by atoms with Crippen molar-refractivity contribution in [2.24, 2.45) is 0 Å². The predicted molar refractivity (Wildman–Crippen MR) is 96.4 cm³/mol. The van der Waals surface area contributed by atoms with Crippen LogP contribution in [-0.4, -0.2) is 35.8 Å². The number of thiophene rings is 1. The smallest absolute Gasteiger partial charge is 0.325 e. The summed E-state index contributed by atoms with van der Waals surface area (Å²) < 4.78 is 48.6. The summed E-state index contributed by atoms with van der Waals surface area (Å²) in [6.07, 6.45) is 1.43. The highest BCUT2D eigenvalue weighted by Gasteiger charge is 2.26. The summed E-state index contributed by atoms with van der Waals surface area (Å²) in [5.41, 5.74) is 1.12. The number of carbonyl (C=O) groups is 1. The maximum absolute atomic E-state index is 12.5. The first-order valence-corrected chi connectivity index (χ1v) is 10.5. The van der Waals surface area contributed by atoms with E-state index in [9.17, 15) is 22.0 Å². The molecule has 0 bridgehead atoms. The Morgan fingerprint density at radius 2 is 1.92 bits per heavy atom. The molecule has 0 radical (unpaired) electrons. The number of fused-ring (bicyclic) bond motifs is 1. The molecular weight excluding hydrogens is 404 g/mol. The molecule has 3 aromatic rings. The zero-order valence-corrected chi connectivity index (χ0v) is 15.4. The lowest BCUT2D eigenvalue weighted by molar-refractivity contribution is -0.113. The van der Waals surface area contributed by atoms with Gasteiger partial charge in [-0.15, -0.1) is 11.3 Å². The molecule has 11 heteroatoms. The van der Waals surface area contributed by atoms with Crippen LogP contribution in [0.3, 0.4) is 0 Å². The van der Waals surface area contributed by atoms with Crippen LogP contribution in [0.5, 0.6) is 0 Å². The highest BCUT2D eigenvalue weighted by molar-refractivity contribution is 8.00. The molecule has 0 unspecified atom stereocenters. The number of nitrogens with zero attached hydrogens (tertiary/aromatic N) is 2. The molecule has 1 amide bonds. The van der Waals surface area contributed by atoms with Gasteiger partial charge in [0.2, 0.25) is 15.7 Å². The highest BCUT2D eigenvalue weighted by Crippen LogP contribution is 2.28. The second-order valence-electron chi connectivity index (χ2n) is 4.98. The summed E-state index contributed by atoms with van der Waals surface area (Å²) >= 11 is 2.73. The molecule has 0 atom stereocenters. The molecule has 0 saturated carbocycles. The first-order chi connectivity index (χ1) is 12.4. The quantitative estimate of drug-likeness (QED) is 0.490. The van der Waals surface area contributed by atoms with Crippen molar-refractivity contribution in [2.45, 2.75) is 15.7 Å². The third-order valence-corrected chi connectivity index (χ3v) is 6.68. The van der Waals surface area contributed by atoms with Crippen LogP contribution in [-0.2, 0) is 14.6 Å². The third-order valence-electron chi connectivity index (χ3n) is 3.25.